The summed E-state index contributed by atoms with van der Waals surface area (Å²) in [5, 5.41) is 4.37. The van der Waals surface area contributed by atoms with Crippen molar-refractivity contribution in [3.05, 3.63) is 77.9 Å². The number of hydrogen-bond donors (Lipinski definition) is 0. The van der Waals surface area contributed by atoms with Crippen molar-refractivity contribution in [3.8, 4) is 0 Å². The number of allylic oxidation sites excluding steroid dienone is 1. The highest BCUT2D eigenvalue weighted by molar-refractivity contribution is 5.83. The molecule has 0 atom stereocenters. The summed E-state index contributed by atoms with van der Waals surface area (Å²) in [4.78, 5) is 4.64. The van der Waals surface area contributed by atoms with E-state index in [1.807, 2.05) is 36.8 Å². The average molecular weight is 404 g/mol. The summed E-state index contributed by atoms with van der Waals surface area (Å²) < 4.78 is 1.87. The van der Waals surface area contributed by atoms with Gasteiger partial charge in [-0.2, -0.15) is 5.10 Å². The molecule has 0 bridgehead atoms. The van der Waals surface area contributed by atoms with Crippen LogP contribution in [0.5, 0.6) is 0 Å². The molecule has 160 valence electrons. The Balaban J connectivity index is 0.000000396. The van der Waals surface area contributed by atoms with Gasteiger partial charge in [0.25, 0.3) is 0 Å². The summed E-state index contributed by atoms with van der Waals surface area (Å²) in [5.41, 5.74) is 8.39. The van der Waals surface area contributed by atoms with Gasteiger partial charge in [0.15, 0.2) is 0 Å². The summed E-state index contributed by atoms with van der Waals surface area (Å²) in [5.74, 6) is 0. The van der Waals surface area contributed by atoms with Crippen LogP contribution in [0.4, 0.5) is 0 Å². The summed E-state index contributed by atoms with van der Waals surface area (Å²) in [6, 6.07) is 8.35. The minimum absolute atomic E-state index is 0.942. The third-order valence-corrected chi connectivity index (χ3v) is 5.37. The Morgan fingerprint density at radius 2 is 1.67 bits per heavy atom. The van der Waals surface area contributed by atoms with Gasteiger partial charge in [-0.3, -0.25) is 4.98 Å². The van der Waals surface area contributed by atoms with Gasteiger partial charge in [0.1, 0.15) is 0 Å². The van der Waals surface area contributed by atoms with Crippen LogP contribution in [-0.4, -0.2) is 14.6 Å². The van der Waals surface area contributed by atoms with Gasteiger partial charge in [-0.05, 0) is 55.2 Å². The van der Waals surface area contributed by atoms with E-state index in [-0.39, 0.29) is 0 Å². The van der Waals surface area contributed by atoms with Crippen LogP contribution in [0.25, 0.3) is 16.7 Å². The van der Waals surface area contributed by atoms with Crippen LogP contribution in [0.15, 0.2) is 49.8 Å². The van der Waals surface area contributed by atoms with Crippen LogP contribution in [0.2, 0.25) is 0 Å². The standard InChI is InChI=1S/C20H21N3.C7H16/c1-6-17-7-8-18(15(5)22-17)14(4)16-9-10-23-20(11-16)19(12-21-23)13(2)3;1-3-5-7-6-4-2/h7-12H,2,4,6H2,1,3,5H3;3-7H2,1-2H3. The van der Waals surface area contributed by atoms with E-state index in [0.29, 0.717) is 0 Å². The third-order valence-electron chi connectivity index (χ3n) is 5.37. The molecule has 3 aromatic heterocycles. The maximum atomic E-state index is 4.64. The van der Waals surface area contributed by atoms with Crippen molar-refractivity contribution in [2.45, 2.75) is 73.1 Å². The first kappa shape index (κ1) is 23.6. The minimum Gasteiger partial charge on any atom is -0.258 e. The highest BCUT2D eigenvalue weighted by Crippen LogP contribution is 2.27. The zero-order valence-electron chi connectivity index (χ0n) is 19.5. The van der Waals surface area contributed by atoms with Gasteiger partial charge in [-0.1, -0.05) is 72.1 Å². The number of nitrogens with zero attached hydrogens (tertiary/aromatic N) is 3. The van der Waals surface area contributed by atoms with Crippen molar-refractivity contribution in [2.75, 3.05) is 0 Å². The fraction of sp³-hybridized carbons (Fsp3) is 0.407. The first-order valence-corrected chi connectivity index (χ1v) is 11.2. The van der Waals surface area contributed by atoms with E-state index in [1.54, 1.807) is 0 Å². The van der Waals surface area contributed by atoms with E-state index in [0.717, 1.165) is 51.2 Å². The maximum Gasteiger partial charge on any atom is 0.0742 e. The predicted molar refractivity (Wildman–Crippen MR) is 131 cm³/mol. The quantitative estimate of drug-likeness (QED) is 0.361. The van der Waals surface area contributed by atoms with Crippen LogP contribution in [-0.2, 0) is 6.42 Å². The molecule has 0 saturated heterocycles. The molecule has 0 aliphatic heterocycles. The number of aryl methyl sites for hydroxylation is 2. The molecule has 0 N–H and O–H groups in total. The molecule has 3 rings (SSSR count). The van der Waals surface area contributed by atoms with E-state index < -0.39 is 0 Å². The van der Waals surface area contributed by atoms with Gasteiger partial charge in [0.05, 0.1) is 11.7 Å². The van der Waals surface area contributed by atoms with Gasteiger partial charge >= 0.3 is 0 Å². The number of fused-ring (bicyclic) bond motifs is 1. The first-order valence-electron chi connectivity index (χ1n) is 11.2. The van der Waals surface area contributed by atoms with E-state index in [4.69, 9.17) is 0 Å². The van der Waals surface area contributed by atoms with Crippen molar-refractivity contribution in [2.24, 2.45) is 0 Å². The normalized spacial score (nSPS) is 10.6. The number of pyridine rings is 2. The molecule has 0 spiro atoms. The van der Waals surface area contributed by atoms with Crippen molar-refractivity contribution < 1.29 is 0 Å². The largest absolute Gasteiger partial charge is 0.258 e. The van der Waals surface area contributed by atoms with E-state index >= 15 is 0 Å². The summed E-state index contributed by atoms with van der Waals surface area (Å²) >= 11 is 0. The Kier molecular flexibility index (Phi) is 9.04. The Morgan fingerprint density at radius 1 is 0.967 bits per heavy atom. The minimum atomic E-state index is 0.942. The van der Waals surface area contributed by atoms with Crippen LogP contribution in [0.3, 0.4) is 0 Å². The molecule has 3 nitrogen and oxygen atoms in total. The van der Waals surface area contributed by atoms with Crippen molar-refractivity contribution in [3.63, 3.8) is 0 Å². The zero-order valence-corrected chi connectivity index (χ0v) is 19.5. The van der Waals surface area contributed by atoms with E-state index in [2.05, 4.69) is 62.2 Å². The summed E-state index contributed by atoms with van der Waals surface area (Å²) in [7, 11) is 0. The smallest absolute Gasteiger partial charge is 0.0742 e. The van der Waals surface area contributed by atoms with Crippen molar-refractivity contribution >= 4 is 16.7 Å². The maximum absolute atomic E-state index is 4.64. The summed E-state index contributed by atoms with van der Waals surface area (Å²) in [6.07, 6.45) is 11.8. The van der Waals surface area contributed by atoms with Crippen LogP contribution >= 0.6 is 0 Å². The molecule has 3 heterocycles. The Hall–Kier alpha value is -2.68. The number of hydrogen-bond acceptors (Lipinski definition) is 2. The second-order valence-corrected chi connectivity index (χ2v) is 7.91. The Morgan fingerprint density at radius 3 is 2.23 bits per heavy atom. The fourth-order valence-electron chi connectivity index (χ4n) is 3.46. The SMILES string of the molecule is C=C(c1ccn2ncc(C(=C)C)c2c1)c1ccc(CC)nc1C.CCCCCCC. The molecule has 0 aromatic carbocycles. The molecule has 3 aromatic rings. The van der Waals surface area contributed by atoms with Crippen LogP contribution in [0, 0.1) is 6.92 Å². The molecular weight excluding hydrogens is 366 g/mol. The zero-order chi connectivity index (χ0) is 22.1. The molecule has 0 fully saturated rings. The number of unbranched alkanes of at least 4 members (excludes halogenated alkanes) is 4. The molecule has 0 aliphatic carbocycles. The lowest BCUT2D eigenvalue weighted by Crippen LogP contribution is -1.97. The predicted octanol–water partition coefficient (Wildman–Crippen LogP) is 7.67. The second-order valence-electron chi connectivity index (χ2n) is 7.91. The summed E-state index contributed by atoms with van der Waals surface area (Å²) in [6.45, 7) is 19.0. The van der Waals surface area contributed by atoms with E-state index in [1.165, 1.54) is 32.1 Å². The molecule has 0 radical (unpaired) electrons. The van der Waals surface area contributed by atoms with Gasteiger partial charge in [-0.15, -0.1) is 0 Å². The molecule has 30 heavy (non-hydrogen) atoms. The average Bonchev–Trinajstić information content (AvgIpc) is 3.17. The lowest BCUT2D eigenvalue weighted by Gasteiger charge is -2.11. The first-order chi connectivity index (χ1) is 14.4. The van der Waals surface area contributed by atoms with E-state index in [9.17, 15) is 0 Å². The molecular formula is C27H37N3. The van der Waals surface area contributed by atoms with Crippen LogP contribution in [0.1, 0.15) is 87.9 Å². The Bertz CT molecular complexity index is 991. The fourth-order valence-corrected chi connectivity index (χ4v) is 3.46. The van der Waals surface area contributed by atoms with Gasteiger partial charge in [-0.25, -0.2) is 4.52 Å². The van der Waals surface area contributed by atoms with Gasteiger partial charge < -0.3 is 0 Å². The van der Waals surface area contributed by atoms with Crippen molar-refractivity contribution in [1.29, 1.82) is 0 Å². The molecule has 0 unspecified atom stereocenters. The number of rotatable bonds is 8. The second kappa shape index (κ2) is 11.5. The number of aromatic nitrogens is 3. The van der Waals surface area contributed by atoms with Gasteiger partial charge in [0.2, 0.25) is 0 Å². The molecule has 0 saturated carbocycles. The molecule has 3 heteroatoms. The third kappa shape index (κ3) is 5.91. The lowest BCUT2D eigenvalue weighted by atomic mass is 9.98. The van der Waals surface area contributed by atoms with Crippen LogP contribution < -0.4 is 0 Å². The lowest BCUT2D eigenvalue weighted by molar-refractivity contribution is 0.656. The highest BCUT2D eigenvalue weighted by atomic mass is 15.2. The van der Waals surface area contributed by atoms with Crippen molar-refractivity contribution in [1.82, 2.24) is 14.6 Å². The molecule has 0 amide bonds. The topological polar surface area (TPSA) is 30.2 Å². The van der Waals surface area contributed by atoms with Gasteiger partial charge in [0, 0.05) is 28.7 Å². The molecule has 0 aliphatic rings. The monoisotopic (exact) mass is 403 g/mol. The Labute approximate surface area is 182 Å². The highest BCUT2D eigenvalue weighted by Gasteiger charge is 2.11.